The average Bonchev–Trinajstić information content (AvgIpc) is 3.05. The van der Waals surface area contributed by atoms with E-state index in [2.05, 4.69) is 36.3 Å². The summed E-state index contributed by atoms with van der Waals surface area (Å²) in [6, 6.07) is 11.2. The maximum atomic E-state index is 14.2. The number of aliphatic hydroxyl groups excluding tert-OH is 1. The molecule has 5 aliphatic rings. The highest BCUT2D eigenvalue weighted by Gasteiger charge is 2.56. The van der Waals surface area contributed by atoms with Crippen molar-refractivity contribution in [3.8, 4) is 0 Å². The largest absolute Gasteiger partial charge is 0.393 e. The number of piperidine rings is 1. The van der Waals surface area contributed by atoms with Gasteiger partial charge in [0.2, 0.25) is 11.9 Å². The van der Waals surface area contributed by atoms with Gasteiger partial charge in [0.25, 0.3) is 5.56 Å². The van der Waals surface area contributed by atoms with Crippen molar-refractivity contribution >= 4 is 57.6 Å². The SMILES string of the molecule is C[C@@H]1[C@@H](/N=C(/Nc2ccc3c(=O)n(CCc4ccc(Cl)cc4Cl)c(N4CCC(O)CC4)nc3c2)N2CC(=O)N[C@@H](C)C2)C[C@@H]2C[C@H]1C2(C)C. The van der Waals surface area contributed by atoms with Crippen molar-refractivity contribution in [2.24, 2.45) is 28.2 Å². The number of aryl methyl sites for hydroxylation is 1. The van der Waals surface area contributed by atoms with Gasteiger partial charge < -0.3 is 25.5 Å². The van der Waals surface area contributed by atoms with Crippen LogP contribution in [0.15, 0.2) is 46.2 Å². The lowest BCUT2D eigenvalue weighted by atomic mass is 9.45. The molecule has 5 atom stereocenters. The quantitative estimate of drug-likeness (QED) is 0.227. The van der Waals surface area contributed by atoms with Crippen molar-refractivity contribution in [3.63, 3.8) is 0 Å². The molecule has 3 heterocycles. The van der Waals surface area contributed by atoms with Gasteiger partial charge >= 0.3 is 0 Å². The monoisotopic (exact) mass is 707 g/mol. The van der Waals surface area contributed by atoms with Gasteiger partial charge in [0.1, 0.15) is 0 Å². The number of amides is 1. The second kappa shape index (κ2) is 13.4. The number of aliphatic imine (C=N–C) groups is 1. The van der Waals surface area contributed by atoms with E-state index in [0.29, 0.717) is 101 Å². The Balaban J connectivity index is 1.23. The number of anilines is 2. The van der Waals surface area contributed by atoms with Gasteiger partial charge in [-0.1, -0.05) is 50.0 Å². The minimum Gasteiger partial charge on any atom is -0.393 e. The summed E-state index contributed by atoms with van der Waals surface area (Å²) in [5, 5.41) is 18.5. The van der Waals surface area contributed by atoms with Crippen LogP contribution < -0.4 is 21.1 Å². The van der Waals surface area contributed by atoms with Crippen molar-refractivity contribution in [1.29, 1.82) is 0 Å². The normalized spacial score (nSPS) is 27.2. The standard InChI is InChI=1S/C37H47Cl2N7O3/c1-21-19-45(20-33(48)40-21)35(42-31-16-24-15-29(22(31)2)37(24,3)4)41-26-7-8-28-32(18-26)43-36(44-12-10-27(47)11-13-44)46(34(28)49)14-9-23-5-6-25(38)17-30(23)39/h5-8,17-18,21-22,24,27,29,31,47H,9-16,19-20H2,1-4H3,(H,40,48)(H,41,42)/t21-,22-,24-,29+,31-/m0/s1. The van der Waals surface area contributed by atoms with E-state index in [1.807, 2.05) is 36.1 Å². The first-order valence-corrected chi connectivity index (χ1v) is 18.4. The lowest BCUT2D eigenvalue weighted by molar-refractivity contribution is -0.124. The Labute approximate surface area is 297 Å². The Morgan fingerprint density at radius 1 is 1.10 bits per heavy atom. The van der Waals surface area contributed by atoms with Crippen molar-refractivity contribution in [2.45, 2.75) is 84.5 Å². The van der Waals surface area contributed by atoms with E-state index in [9.17, 15) is 14.7 Å². The number of fused-ring (bicyclic) bond motifs is 3. The van der Waals surface area contributed by atoms with Crippen LogP contribution in [-0.2, 0) is 17.8 Å². The average molecular weight is 709 g/mol. The third kappa shape index (κ3) is 6.76. The predicted molar refractivity (Wildman–Crippen MR) is 197 cm³/mol. The first-order chi connectivity index (χ1) is 23.4. The smallest absolute Gasteiger partial charge is 0.262 e. The van der Waals surface area contributed by atoms with Gasteiger partial charge in [0.15, 0.2) is 5.96 Å². The Bertz CT molecular complexity index is 1840. The third-order valence-corrected chi connectivity index (χ3v) is 12.3. The third-order valence-electron chi connectivity index (χ3n) is 11.7. The van der Waals surface area contributed by atoms with Gasteiger partial charge in [-0.15, -0.1) is 0 Å². The molecular weight excluding hydrogens is 661 g/mol. The van der Waals surface area contributed by atoms with Crippen LogP contribution in [0.4, 0.5) is 11.6 Å². The van der Waals surface area contributed by atoms with Crippen molar-refractivity contribution in [3.05, 3.63) is 62.4 Å². The molecule has 2 bridgehead atoms. The van der Waals surface area contributed by atoms with Crippen LogP contribution in [0.1, 0.15) is 58.9 Å². The fourth-order valence-electron chi connectivity index (χ4n) is 8.62. The highest BCUT2D eigenvalue weighted by atomic mass is 35.5. The lowest BCUT2D eigenvalue weighted by Crippen LogP contribution is -2.58. The molecule has 1 amide bonds. The Morgan fingerprint density at radius 2 is 1.88 bits per heavy atom. The summed E-state index contributed by atoms with van der Waals surface area (Å²) in [6.45, 7) is 11.6. The number of piperazine rings is 1. The Kier molecular flexibility index (Phi) is 9.34. The van der Waals surface area contributed by atoms with E-state index in [0.717, 1.165) is 17.7 Å². The predicted octanol–water partition coefficient (Wildman–Crippen LogP) is 5.57. The molecule has 1 aromatic heterocycles. The van der Waals surface area contributed by atoms with Crippen LogP contribution in [0.2, 0.25) is 10.0 Å². The molecule has 262 valence electrons. The van der Waals surface area contributed by atoms with Crippen molar-refractivity contribution < 1.29 is 9.90 Å². The molecule has 2 aromatic carbocycles. The van der Waals surface area contributed by atoms with Gasteiger partial charge in [0.05, 0.1) is 29.6 Å². The molecule has 8 rings (SSSR count). The van der Waals surface area contributed by atoms with Gasteiger partial charge in [-0.3, -0.25) is 14.2 Å². The number of hydrogen-bond acceptors (Lipinski definition) is 6. The second-order valence-corrected chi connectivity index (χ2v) is 16.1. The zero-order valence-electron chi connectivity index (χ0n) is 28.8. The van der Waals surface area contributed by atoms with Crippen LogP contribution in [0.3, 0.4) is 0 Å². The first kappa shape index (κ1) is 34.1. The number of carbonyl (C=O) groups is 1. The summed E-state index contributed by atoms with van der Waals surface area (Å²) in [4.78, 5) is 41.4. The topological polar surface area (TPSA) is 115 Å². The zero-order chi connectivity index (χ0) is 34.6. The van der Waals surface area contributed by atoms with Crippen molar-refractivity contribution in [1.82, 2.24) is 19.8 Å². The van der Waals surface area contributed by atoms with Crippen LogP contribution in [0, 0.1) is 23.2 Å². The number of carbonyl (C=O) groups excluding carboxylic acids is 1. The number of rotatable bonds is 6. The summed E-state index contributed by atoms with van der Waals surface area (Å²) in [6.07, 6.45) is 3.70. The second-order valence-electron chi connectivity index (χ2n) is 15.3. The highest BCUT2D eigenvalue weighted by molar-refractivity contribution is 6.35. The first-order valence-electron chi connectivity index (χ1n) is 17.7. The molecule has 12 heteroatoms. The van der Waals surface area contributed by atoms with Crippen LogP contribution in [-0.4, -0.2) is 75.8 Å². The molecule has 3 aromatic rings. The molecule has 3 saturated carbocycles. The van der Waals surface area contributed by atoms with E-state index >= 15 is 0 Å². The van der Waals surface area contributed by atoms with E-state index in [1.165, 1.54) is 6.42 Å². The number of hydrogen-bond donors (Lipinski definition) is 3. The number of aliphatic hydroxyl groups is 1. The van der Waals surface area contributed by atoms with E-state index in [-0.39, 0.29) is 36.2 Å². The summed E-state index contributed by atoms with van der Waals surface area (Å²) in [5.41, 5.74) is 2.46. The minimum atomic E-state index is -0.360. The molecule has 3 N–H and O–H groups in total. The zero-order valence-corrected chi connectivity index (χ0v) is 30.3. The molecule has 10 nitrogen and oxygen atoms in total. The maximum absolute atomic E-state index is 14.2. The van der Waals surface area contributed by atoms with Gasteiger partial charge in [-0.25, -0.2) is 9.98 Å². The number of guanidine groups is 1. The Hall–Kier alpha value is -3.34. The number of nitrogens with one attached hydrogen (secondary N) is 2. The fraction of sp³-hybridized carbons (Fsp3) is 0.568. The number of aromatic nitrogens is 2. The summed E-state index contributed by atoms with van der Waals surface area (Å²) >= 11 is 12.6. The molecule has 3 aliphatic carbocycles. The molecule has 5 fully saturated rings. The molecule has 2 saturated heterocycles. The van der Waals surface area contributed by atoms with Gasteiger partial charge in [0, 0.05) is 48.0 Å². The fourth-order valence-corrected chi connectivity index (χ4v) is 9.12. The molecule has 0 unspecified atom stereocenters. The van der Waals surface area contributed by atoms with Gasteiger partial charge in [-0.05, 0) is 98.1 Å². The van der Waals surface area contributed by atoms with Crippen LogP contribution >= 0.6 is 23.2 Å². The van der Waals surface area contributed by atoms with Gasteiger partial charge in [-0.2, -0.15) is 0 Å². The van der Waals surface area contributed by atoms with Crippen LogP contribution in [0.25, 0.3) is 10.9 Å². The minimum absolute atomic E-state index is 0.00511. The molecule has 2 aliphatic heterocycles. The van der Waals surface area contributed by atoms with E-state index in [1.54, 1.807) is 16.7 Å². The summed E-state index contributed by atoms with van der Waals surface area (Å²) in [5.74, 6) is 2.99. The molecule has 0 spiro atoms. The highest BCUT2D eigenvalue weighted by Crippen LogP contribution is 2.61. The number of halogens is 2. The molecular formula is C37H47Cl2N7O3. The van der Waals surface area contributed by atoms with E-state index < -0.39 is 0 Å². The Morgan fingerprint density at radius 3 is 2.57 bits per heavy atom. The number of nitrogens with zero attached hydrogens (tertiary/aromatic N) is 5. The molecule has 0 radical (unpaired) electrons. The summed E-state index contributed by atoms with van der Waals surface area (Å²) < 4.78 is 1.73. The lowest BCUT2D eigenvalue weighted by Gasteiger charge is -2.61. The molecule has 49 heavy (non-hydrogen) atoms. The summed E-state index contributed by atoms with van der Waals surface area (Å²) in [7, 11) is 0. The number of benzene rings is 2. The van der Waals surface area contributed by atoms with E-state index in [4.69, 9.17) is 33.2 Å². The maximum Gasteiger partial charge on any atom is 0.262 e. The van der Waals surface area contributed by atoms with Crippen molar-refractivity contribution in [2.75, 3.05) is 36.4 Å². The van der Waals surface area contributed by atoms with Crippen LogP contribution in [0.5, 0.6) is 0 Å².